The highest BCUT2D eigenvalue weighted by atomic mass is 16.5. The third-order valence-corrected chi connectivity index (χ3v) is 3.67. The van der Waals surface area contributed by atoms with Crippen molar-refractivity contribution in [3.05, 3.63) is 71.8 Å². The van der Waals surface area contributed by atoms with Crippen LogP contribution >= 0.6 is 0 Å². The quantitative estimate of drug-likeness (QED) is 0.656. The second-order valence-electron chi connectivity index (χ2n) is 6.59. The van der Waals surface area contributed by atoms with Crippen molar-refractivity contribution in [2.24, 2.45) is 0 Å². The minimum atomic E-state index is -1.80. The van der Waals surface area contributed by atoms with Crippen molar-refractivity contribution in [1.29, 1.82) is 0 Å². The molecule has 0 aliphatic rings. The van der Waals surface area contributed by atoms with Crippen LogP contribution in [0.1, 0.15) is 11.1 Å². The van der Waals surface area contributed by atoms with Crippen LogP contribution < -0.4 is 0 Å². The molecule has 0 heterocycles. The molecule has 0 amide bonds. The van der Waals surface area contributed by atoms with E-state index in [2.05, 4.69) is 0 Å². The summed E-state index contributed by atoms with van der Waals surface area (Å²) < 4.78 is 6.07. The van der Waals surface area contributed by atoms with Crippen LogP contribution in [0.25, 0.3) is 0 Å². The van der Waals surface area contributed by atoms with Gasteiger partial charge in [0.25, 0.3) is 0 Å². The standard InChI is InChI=1S/C19H24NO3/c1-20(2,3)14-15-23-18(21)19(22,16-10-6-4-7-11-16)17-12-8-5-9-13-17/h4-13,22H,14-15H2,1-3H3/q+1. The number of carbonyl (C=O) groups excluding carboxylic acids is 1. The summed E-state index contributed by atoms with van der Waals surface area (Å²) in [5.41, 5.74) is -0.796. The Bertz CT molecular complexity index is 593. The van der Waals surface area contributed by atoms with Crippen molar-refractivity contribution in [3.8, 4) is 0 Å². The predicted molar refractivity (Wildman–Crippen MR) is 89.7 cm³/mol. The Hall–Kier alpha value is -2.17. The van der Waals surface area contributed by atoms with Gasteiger partial charge in [0.2, 0.25) is 5.60 Å². The first-order valence-electron chi connectivity index (χ1n) is 7.65. The number of hydrogen-bond donors (Lipinski definition) is 1. The Morgan fingerprint density at radius 2 is 1.39 bits per heavy atom. The first-order chi connectivity index (χ1) is 10.8. The molecule has 0 fully saturated rings. The van der Waals surface area contributed by atoms with Crippen LogP contribution in [0.4, 0.5) is 0 Å². The zero-order valence-electron chi connectivity index (χ0n) is 13.9. The highest BCUT2D eigenvalue weighted by molar-refractivity contribution is 5.85. The summed E-state index contributed by atoms with van der Waals surface area (Å²) in [4.78, 5) is 12.7. The normalized spacial score (nSPS) is 12.0. The van der Waals surface area contributed by atoms with E-state index in [1.807, 2.05) is 33.3 Å². The number of hydrogen-bond acceptors (Lipinski definition) is 3. The molecule has 0 radical (unpaired) electrons. The van der Waals surface area contributed by atoms with Crippen LogP contribution in [0, 0.1) is 0 Å². The van der Waals surface area contributed by atoms with Gasteiger partial charge in [0.1, 0.15) is 13.2 Å². The molecule has 0 unspecified atom stereocenters. The smallest absolute Gasteiger partial charge is 0.347 e. The van der Waals surface area contributed by atoms with Crippen LogP contribution in [0.2, 0.25) is 0 Å². The van der Waals surface area contributed by atoms with E-state index in [0.29, 0.717) is 22.2 Å². The number of esters is 1. The van der Waals surface area contributed by atoms with Crippen molar-refractivity contribution < 1.29 is 19.1 Å². The molecule has 0 atom stereocenters. The van der Waals surface area contributed by atoms with Gasteiger partial charge in [0, 0.05) is 0 Å². The van der Waals surface area contributed by atoms with Gasteiger partial charge >= 0.3 is 5.97 Å². The van der Waals surface area contributed by atoms with E-state index < -0.39 is 11.6 Å². The molecule has 0 spiro atoms. The van der Waals surface area contributed by atoms with E-state index in [-0.39, 0.29) is 6.61 Å². The zero-order chi connectivity index (χ0) is 16.9. The topological polar surface area (TPSA) is 46.5 Å². The SMILES string of the molecule is C[N+](C)(C)CCOC(=O)C(O)(c1ccccc1)c1ccccc1. The number of carbonyl (C=O) groups is 1. The van der Waals surface area contributed by atoms with Gasteiger partial charge in [-0.05, 0) is 11.1 Å². The molecule has 0 bridgehead atoms. The maximum Gasteiger partial charge on any atom is 0.347 e. The maximum absolute atomic E-state index is 12.7. The highest BCUT2D eigenvalue weighted by Crippen LogP contribution is 2.30. The van der Waals surface area contributed by atoms with Gasteiger partial charge in [-0.15, -0.1) is 0 Å². The van der Waals surface area contributed by atoms with E-state index in [0.717, 1.165) is 0 Å². The van der Waals surface area contributed by atoms with E-state index in [1.165, 1.54) is 0 Å². The van der Waals surface area contributed by atoms with Crippen LogP contribution in [0.5, 0.6) is 0 Å². The molecule has 2 rings (SSSR count). The molecular weight excluding hydrogens is 290 g/mol. The van der Waals surface area contributed by atoms with E-state index in [9.17, 15) is 9.90 Å². The second kappa shape index (κ2) is 6.94. The van der Waals surface area contributed by atoms with E-state index >= 15 is 0 Å². The van der Waals surface area contributed by atoms with Crippen molar-refractivity contribution in [1.82, 2.24) is 0 Å². The fourth-order valence-electron chi connectivity index (χ4n) is 2.28. The fraction of sp³-hybridized carbons (Fsp3) is 0.316. The molecule has 23 heavy (non-hydrogen) atoms. The van der Waals surface area contributed by atoms with Crippen molar-refractivity contribution in [3.63, 3.8) is 0 Å². The van der Waals surface area contributed by atoms with Gasteiger partial charge < -0.3 is 14.3 Å². The molecule has 0 aliphatic heterocycles. The summed E-state index contributed by atoms with van der Waals surface area (Å²) in [7, 11) is 6.07. The van der Waals surface area contributed by atoms with Gasteiger partial charge in [-0.1, -0.05) is 60.7 Å². The summed E-state index contributed by atoms with van der Waals surface area (Å²) >= 11 is 0. The van der Waals surface area contributed by atoms with Gasteiger partial charge in [-0.25, -0.2) is 4.79 Å². The number of nitrogens with zero attached hydrogens (tertiary/aromatic N) is 1. The highest BCUT2D eigenvalue weighted by Gasteiger charge is 2.41. The zero-order valence-corrected chi connectivity index (χ0v) is 13.9. The lowest BCUT2D eigenvalue weighted by Crippen LogP contribution is -2.42. The Morgan fingerprint density at radius 3 is 1.78 bits per heavy atom. The first kappa shape index (κ1) is 17.2. The molecule has 4 heteroatoms. The van der Waals surface area contributed by atoms with Crippen LogP contribution in [-0.2, 0) is 15.1 Å². The van der Waals surface area contributed by atoms with Gasteiger partial charge in [-0.2, -0.15) is 0 Å². The maximum atomic E-state index is 12.7. The molecule has 2 aromatic rings. The van der Waals surface area contributed by atoms with Crippen LogP contribution in [0.15, 0.2) is 60.7 Å². The Morgan fingerprint density at radius 1 is 0.957 bits per heavy atom. The van der Waals surface area contributed by atoms with Gasteiger partial charge in [-0.3, -0.25) is 0 Å². The molecule has 4 nitrogen and oxygen atoms in total. The minimum absolute atomic E-state index is 0.254. The lowest BCUT2D eigenvalue weighted by molar-refractivity contribution is -0.870. The summed E-state index contributed by atoms with van der Waals surface area (Å²) in [5.74, 6) is -0.650. The fourth-order valence-corrected chi connectivity index (χ4v) is 2.28. The second-order valence-corrected chi connectivity index (χ2v) is 6.59. The predicted octanol–water partition coefficient (Wildman–Crippen LogP) is 2.17. The molecule has 122 valence electrons. The minimum Gasteiger partial charge on any atom is -0.457 e. The largest absolute Gasteiger partial charge is 0.457 e. The average molecular weight is 314 g/mol. The van der Waals surface area contributed by atoms with Crippen LogP contribution in [-0.4, -0.2) is 49.9 Å². The number of quaternary nitrogens is 1. The summed E-state index contributed by atoms with van der Waals surface area (Å²) in [5, 5.41) is 11.2. The number of likely N-dealkylation sites (N-methyl/N-ethyl adjacent to an activating group) is 1. The monoisotopic (exact) mass is 314 g/mol. The van der Waals surface area contributed by atoms with E-state index in [1.54, 1.807) is 48.5 Å². The van der Waals surface area contributed by atoms with Crippen LogP contribution in [0.3, 0.4) is 0 Å². The summed E-state index contributed by atoms with van der Waals surface area (Å²) in [6.07, 6.45) is 0. The molecule has 0 saturated heterocycles. The molecular formula is C19H24NO3+. The average Bonchev–Trinajstić information content (AvgIpc) is 2.54. The number of ether oxygens (including phenoxy) is 1. The third-order valence-electron chi connectivity index (χ3n) is 3.67. The van der Waals surface area contributed by atoms with Crippen molar-refractivity contribution in [2.45, 2.75) is 5.60 Å². The number of benzene rings is 2. The molecule has 0 aromatic heterocycles. The Labute approximate surface area is 137 Å². The number of aliphatic hydroxyl groups is 1. The lowest BCUT2D eigenvalue weighted by Gasteiger charge is -2.28. The van der Waals surface area contributed by atoms with Gasteiger partial charge in [0.15, 0.2) is 0 Å². The lowest BCUT2D eigenvalue weighted by atomic mass is 9.86. The third kappa shape index (κ3) is 4.18. The molecule has 0 aliphatic carbocycles. The van der Waals surface area contributed by atoms with Gasteiger partial charge in [0.05, 0.1) is 21.1 Å². The molecule has 2 aromatic carbocycles. The summed E-state index contributed by atoms with van der Waals surface area (Å²) in [6, 6.07) is 17.8. The Balaban J connectivity index is 2.30. The van der Waals surface area contributed by atoms with E-state index in [4.69, 9.17) is 4.74 Å². The first-order valence-corrected chi connectivity index (χ1v) is 7.65. The molecule has 1 N–H and O–H groups in total. The number of rotatable bonds is 6. The Kier molecular flexibility index (Phi) is 5.19. The summed E-state index contributed by atoms with van der Waals surface area (Å²) in [6.45, 7) is 0.926. The molecule has 0 saturated carbocycles. The van der Waals surface area contributed by atoms with Crippen molar-refractivity contribution >= 4 is 5.97 Å². The van der Waals surface area contributed by atoms with Crippen molar-refractivity contribution in [2.75, 3.05) is 34.3 Å².